The highest BCUT2D eigenvalue weighted by atomic mass is 16.5. The fraction of sp³-hybridized carbons (Fsp3) is 0.333. The number of hydrogen-bond acceptors (Lipinski definition) is 2. The Labute approximate surface area is 121 Å². The summed E-state index contributed by atoms with van der Waals surface area (Å²) in [5, 5.41) is 9.88. The third-order valence-corrected chi connectivity index (χ3v) is 3.27. The quantitative estimate of drug-likeness (QED) is 0.794. The highest BCUT2D eigenvalue weighted by molar-refractivity contribution is 5.14. The van der Waals surface area contributed by atoms with Crippen LogP contribution in [0.5, 0.6) is 0 Å². The first-order valence-corrected chi connectivity index (χ1v) is 7.18. The van der Waals surface area contributed by atoms with Crippen LogP contribution in [0.25, 0.3) is 0 Å². The fourth-order valence-corrected chi connectivity index (χ4v) is 2.16. The molecule has 2 aromatic carbocycles. The number of aliphatic hydroxyl groups is 1. The van der Waals surface area contributed by atoms with Crippen molar-refractivity contribution in [1.29, 1.82) is 0 Å². The third-order valence-electron chi connectivity index (χ3n) is 3.27. The maximum atomic E-state index is 9.88. The number of aryl methyl sites for hydroxylation is 1. The lowest BCUT2D eigenvalue weighted by molar-refractivity contribution is 0.0237. The van der Waals surface area contributed by atoms with Gasteiger partial charge in [-0.1, -0.05) is 60.7 Å². The van der Waals surface area contributed by atoms with Gasteiger partial charge in [-0.3, -0.25) is 0 Å². The van der Waals surface area contributed by atoms with Gasteiger partial charge < -0.3 is 9.84 Å². The second kappa shape index (κ2) is 8.51. The van der Waals surface area contributed by atoms with Gasteiger partial charge in [0, 0.05) is 0 Å². The van der Waals surface area contributed by atoms with Crippen molar-refractivity contribution in [3.8, 4) is 0 Å². The standard InChI is InChI=1S/C18H22O2/c19-18(13-7-12-16-8-3-1-4-9-16)15-20-14-17-10-5-2-6-11-17/h1-6,8-11,18-19H,7,12-15H2/t18-/m1/s1. The van der Waals surface area contributed by atoms with Crippen LogP contribution in [0.15, 0.2) is 60.7 Å². The van der Waals surface area contributed by atoms with E-state index in [0.717, 1.165) is 24.8 Å². The van der Waals surface area contributed by atoms with Crippen molar-refractivity contribution >= 4 is 0 Å². The lowest BCUT2D eigenvalue weighted by Crippen LogP contribution is -2.15. The lowest BCUT2D eigenvalue weighted by Gasteiger charge is -2.11. The van der Waals surface area contributed by atoms with Gasteiger partial charge in [0.2, 0.25) is 0 Å². The normalized spacial score (nSPS) is 12.2. The van der Waals surface area contributed by atoms with Crippen molar-refractivity contribution in [2.24, 2.45) is 0 Å². The van der Waals surface area contributed by atoms with Crippen molar-refractivity contribution in [2.45, 2.75) is 32.0 Å². The topological polar surface area (TPSA) is 29.5 Å². The van der Waals surface area contributed by atoms with Crippen LogP contribution in [-0.4, -0.2) is 17.8 Å². The second-order valence-corrected chi connectivity index (χ2v) is 5.03. The molecular formula is C18H22O2. The molecule has 0 saturated heterocycles. The summed E-state index contributed by atoms with van der Waals surface area (Å²) in [4.78, 5) is 0. The summed E-state index contributed by atoms with van der Waals surface area (Å²) >= 11 is 0. The van der Waals surface area contributed by atoms with Gasteiger partial charge in [-0.15, -0.1) is 0 Å². The van der Waals surface area contributed by atoms with E-state index in [4.69, 9.17) is 4.74 Å². The van der Waals surface area contributed by atoms with Crippen LogP contribution >= 0.6 is 0 Å². The molecule has 0 radical (unpaired) electrons. The van der Waals surface area contributed by atoms with Gasteiger partial charge in [-0.2, -0.15) is 0 Å². The van der Waals surface area contributed by atoms with Crippen molar-refractivity contribution in [1.82, 2.24) is 0 Å². The van der Waals surface area contributed by atoms with Crippen LogP contribution in [0, 0.1) is 0 Å². The number of hydrogen-bond donors (Lipinski definition) is 1. The molecule has 0 aromatic heterocycles. The van der Waals surface area contributed by atoms with Gasteiger partial charge >= 0.3 is 0 Å². The molecule has 0 saturated carbocycles. The molecule has 0 aliphatic rings. The molecule has 2 rings (SSSR count). The van der Waals surface area contributed by atoms with E-state index in [1.165, 1.54) is 5.56 Å². The Hall–Kier alpha value is -1.64. The average Bonchev–Trinajstić information content (AvgIpc) is 2.49. The van der Waals surface area contributed by atoms with E-state index >= 15 is 0 Å². The summed E-state index contributed by atoms with van der Waals surface area (Å²) in [6.07, 6.45) is 2.41. The highest BCUT2D eigenvalue weighted by Gasteiger charge is 2.04. The zero-order valence-electron chi connectivity index (χ0n) is 11.7. The van der Waals surface area contributed by atoms with Crippen molar-refractivity contribution in [3.05, 3.63) is 71.8 Å². The Morgan fingerprint density at radius 2 is 1.45 bits per heavy atom. The second-order valence-electron chi connectivity index (χ2n) is 5.03. The molecule has 1 atom stereocenters. The van der Waals surface area contributed by atoms with Gasteiger partial charge in [0.05, 0.1) is 19.3 Å². The van der Waals surface area contributed by atoms with Crippen LogP contribution in [0.3, 0.4) is 0 Å². The molecule has 106 valence electrons. The monoisotopic (exact) mass is 270 g/mol. The van der Waals surface area contributed by atoms with Crippen LogP contribution in [0.2, 0.25) is 0 Å². The Morgan fingerprint density at radius 3 is 2.10 bits per heavy atom. The Morgan fingerprint density at radius 1 is 0.850 bits per heavy atom. The van der Waals surface area contributed by atoms with E-state index in [9.17, 15) is 5.11 Å². The molecule has 1 N–H and O–H groups in total. The van der Waals surface area contributed by atoms with Crippen molar-refractivity contribution in [3.63, 3.8) is 0 Å². The van der Waals surface area contributed by atoms with Crippen LogP contribution < -0.4 is 0 Å². The summed E-state index contributed by atoms with van der Waals surface area (Å²) < 4.78 is 5.53. The van der Waals surface area contributed by atoms with E-state index in [2.05, 4.69) is 24.3 Å². The summed E-state index contributed by atoms with van der Waals surface area (Å²) in [5.74, 6) is 0. The predicted octanol–water partition coefficient (Wildman–Crippen LogP) is 3.59. The van der Waals surface area contributed by atoms with Gasteiger partial charge in [0.1, 0.15) is 0 Å². The van der Waals surface area contributed by atoms with Gasteiger partial charge in [-0.25, -0.2) is 0 Å². The van der Waals surface area contributed by atoms with Gasteiger partial charge in [0.25, 0.3) is 0 Å². The molecule has 0 fully saturated rings. The lowest BCUT2D eigenvalue weighted by atomic mass is 10.1. The zero-order chi connectivity index (χ0) is 14.0. The van der Waals surface area contributed by atoms with Crippen molar-refractivity contribution in [2.75, 3.05) is 6.61 Å². The summed E-state index contributed by atoms with van der Waals surface area (Å²) in [6, 6.07) is 20.4. The number of ether oxygens (including phenoxy) is 1. The van der Waals surface area contributed by atoms with Crippen LogP contribution in [0.4, 0.5) is 0 Å². The number of rotatable bonds is 8. The van der Waals surface area contributed by atoms with Gasteiger partial charge in [-0.05, 0) is 30.4 Å². The van der Waals surface area contributed by atoms with E-state index in [0.29, 0.717) is 13.2 Å². The zero-order valence-corrected chi connectivity index (χ0v) is 11.7. The summed E-state index contributed by atoms with van der Waals surface area (Å²) in [6.45, 7) is 0.972. The summed E-state index contributed by atoms with van der Waals surface area (Å²) in [5.41, 5.74) is 2.47. The SMILES string of the molecule is O[C@H](CCCc1ccccc1)COCc1ccccc1. The minimum atomic E-state index is -0.373. The van der Waals surface area contributed by atoms with Crippen LogP contribution in [-0.2, 0) is 17.8 Å². The highest BCUT2D eigenvalue weighted by Crippen LogP contribution is 2.08. The molecule has 0 bridgehead atoms. The minimum Gasteiger partial charge on any atom is -0.391 e. The number of benzene rings is 2. The molecule has 0 unspecified atom stereocenters. The first-order chi connectivity index (χ1) is 9.84. The minimum absolute atomic E-state index is 0.373. The molecule has 0 aliphatic heterocycles. The molecule has 2 aromatic rings. The molecule has 0 amide bonds. The fourth-order valence-electron chi connectivity index (χ4n) is 2.16. The van der Waals surface area contributed by atoms with Crippen LogP contribution in [0.1, 0.15) is 24.0 Å². The first kappa shape index (κ1) is 14.8. The smallest absolute Gasteiger partial charge is 0.0774 e. The molecule has 2 nitrogen and oxygen atoms in total. The molecule has 0 spiro atoms. The molecule has 0 heterocycles. The largest absolute Gasteiger partial charge is 0.391 e. The van der Waals surface area contributed by atoms with E-state index in [1.54, 1.807) is 0 Å². The maximum Gasteiger partial charge on any atom is 0.0774 e. The third kappa shape index (κ3) is 5.55. The summed E-state index contributed by atoms with van der Waals surface area (Å²) in [7, 11) is 0. The van der Waals surface area contributed by atoms with E-state index in [-0.39, 0.29) is 6.10 Å². The Kier molecular flexibility index (Phi) is 6.28. The molecule has 0 aliphatic carbocycles. The Balaban J connectivity index is 1.58. The molecular weight excluding hydrogens is 248 g/mol. The number of aliphatic hydroxyl groups excluding tert-OH is 1. The Bertz CT molecular complexity index is 422. The van der Waals surface area contributed by atoms with Gasteiger partial charge in [0.15, 0.2) is 0 Å². The molecule has 2 heteroatoms. The average molecular weight is 270 g/mol. The van der Waals surface area contributed by atoms with E-state index < -0.39 is 0 Å². The maximum absolute atomic E-state index is 9.88. The first-order valence-electron chi connectivity index (χ1n) is 7.18. The predicted molar refractivity (Wildman–Crippen MR) is 81.5 cm³/mol. The molecule has 20 heavy (non-hydrogen) atoms. The van der Waals surface area contributed by atoms with E-state index in [1.807, 2.05) is 36.4 Å². The van der Waals surface area contributed by atoms with Crippen molar-refractivity contribution < 1.29 is 9.84 Å².